The number of aromatic nitrogens is 3. The molecule has 30 heavy (non-hydrogen) atoms. The number of hydrogen-bond donors (Lipinski definition) is 0. The summed E-state index contributed by atoms with van der Waals surface area (Å²) in [4.78, 5) is 6.60. The van der Waals surface area contributed by atoms with Crippen molar-refractivity contribution in [3.63, 3.8) is 0 Å². The van der Waals surface area contributed by atoms with Crippen LogP contribution in [0.15, 0.2) is 73.3 Å². The molecule has 1 fully saturated rings. The van der Waals surface area contributed by atoms with Crippen molar-refractivity contribution in [3.8, 4) is 28.0 Å². The van der Waals surface area contributed by atoms with Crippen molar-refractivity contribution >= 4 is 5.52 Å². The first kappa shape index (κ1) is 18.8. The van der Waals surface area contributed by atoms with E-state index in [1.54, 1.807) is 0 Å². The molecular formula is C25H26N4O. The third-order valence-corrected chi connectivity index (χ3v) is 5.82. The zero-order chi connectivity index (χ0) is 20.2. The number of likely N-dealkylation sites (tertiary alicyclic amines) is 1. The van der Waals surface area contributed by atoms with Gasteiger partial charge >= 0.3 is 0 Å². The zero-order valence-electron chi connectivity index (χ0n) is 17.1. The van der Waals surface area contributed by atoms with Crippen LogP contribution in [0.1, 0.15) is 19.3 Å². The first-order valence-corrected chi connectivity index (χ1v) is 10.7. The van der Waals surface area contributed by atoms with Gasteiger partial charge in [0, 0.05) is 36.3 Å². The van der Waals surface area contributed by atoms with Crippen molar-refractivity contribution in [1.29, 1.82) is 0 Å². The van der Waals surface area contributed by atoms with E-state index in [4.69, 9.17) is 4.74 Å². The molecule has 0 unspecified atom stereocenters. The second-order valence-corrected chi connectivity index (χ2v) is 7.82. The first-order chi connectivity index (χ1) is 14.9. The fraction of sp³-hybridized carbons (Fsp3) is 0.280. The van der Waals surface area contributed by atoms with E-state index in [1.165, 1.54) is 32.4 Å². The summed E-state index contributed by atoms with van der Waals surface area (Å²) in [6.45, 7) is 4.18. The number of pyridine rings is 2. The SMILES string of the molecule is c1cc(-c2cnn3cc(-c4ccc(OCCN5CCCCC5)cc4)ccc23)ccn1. The molecule has 0 radical (unpaired) electrons. The number of fused-ring (bicyclic) bond motifs is 1. The van der Waals surface area contributed by atoms with Crippen LogP contribution in [-0.2, 0) is 0 Å². The summed E-state index contributed by atoms with van der Waals surface area (Å²) in [6, 6.07) is 16.6. The second-order valence-electron chi connectivity index (χ2n) is 7.82. The molecule has 0 saturated carbocycles. The van der Waals surface area contributed by atoms with E-state index in [0.29, 0.717) is 0 Å². The molecule has 1 saturated heterocycles. The van der Waals surface area contributed by atoms with Crippen molar-refractivity contribution < 1.29 is 4.74 Å². The molecule has 3 aromatic heterocycles. The Morgan fingerprint density at radius 2 is 1.57 bits per heavy atom. The standard InChI is InChI=1S/C25H26N4O/c1-2-14-28(15-3-1)16-17-30-23-7-4-20(5-8-23)22-6-9-25-24(18-27-29(25)19-22)21-10-12-26-13-11-21/h4-13,18-19H,1-3,14-17H2. The highest BCUT2D eigenvalue weighted by molar-refractivity contribution is 5.81. The summed E-state index contributed by atoms with van der Waals surface area (Å²) in [5.41, 5.74) is 5.61. The number of hydrogen-bond acceptors (Lipinski definition) is 4. The molecule has 1 aliphatic heterocycles. The van der Waals surface area contributed by atoms with Crippen LogP contribution in [0.2, 0.25) is 0 Å². The van der Waals surface area contributed by atoms with Gasteiger partial charge in [0.2, 0.25) is 0 Å². The lowest BCUT2D eigenvalue weighted by atomic mass is 10.1. The number of benzene rings is 1. The number of piperidine rings is 1. The van der Waals surface area contributed by atoms with Crippen molar-refractivity contribution in [1.82, 2.24) is 19.5 Å². The smallest absolute Gasteiger partial charge is 0.119 e. The molecule has 0 atom stereocenters. The highest BCUT2D eigenvalue weighted by Gasteiger charge is 2.10. The summed E-state index contributed by atoms with van der Waals surface area (Å²) in [7, 11) is 0. The molecule has 152 valence electrons. The van der Waals surface area contributed by atoms with Crippen LogP contribution < -0.4 is 4.74 Å². The van der Waals surface area contributed by atoms with E-state index in [0.717, 1.165) is 46.7 Å². The molecule has 5 heteroatoms. The van der Waals surface area contributed by atoms with Crippen molar-refractivity contribution in [2.24, 2.45) is 0 Å². The van der Waals surface area contributed by atoms with Crippen LogP contribution in [0.3, 0.4) is 0 Å². The van der Waals surface area contributed by atoms with E-state index >= 15 is 0 Å². The van der Waals surface area contributed by atoms with Gasteiger partial charge < -0.3 is 4.74 Å². The molecule has 1 aliphatic rings. The number of nitrogens with zero attached hydrogens (tertiary/aromatic N) is 4. The van der Waals surface area contributed by atoms with Gasteiger partial charge in [0.1, 0.15) is 12.4 Å². The lowest BCUT2D eigenvalue weighted by molar-refractivity contribution is 0.183. The molecule has 5 nitrogen and oxygen atoms in total. The topological polar surface area (TPSA) is 42.7 Å². The second kappa shape index (κ2) is 8.67. The Balaban J connectivity index is 1.27. The summed E-state index contributed by atoms with van der Waals surface area (Å²) >= 11 is 0. The van der Waals surface area contributed by atoms with Crippen LogP contribution >= 0.6 is 0 Å². The average molecular weight is 399 g/mol. The monoisotopic (exact) mass is 398 g/mol. The normalized spacial score (nSPS) is 14.8. The van der Waals surface area contributed by atoms with Gasteiger partial charge in [-0.25, -0.2) is 4.52 Å². The van der Waals surface area contributed by atoms with E-state index in [1.807, 2.05) is 35.2 Å². The largest absolute Gasteiger partial charge is 0.492 e. The molecule has 1 aromatic carbocycles. The van der Waals surface area contributed by atoms with Crippen molar-refractivity contribution in [2.45, 2.75) is 19.3 Å². The zero-order valence-corrected chi connectivity index (χ0v) is 17.1. The molecule has 0 bridgehead atoms. The molecule has 0 N–H and O–H groups in total. The Morgan fingerprint density at radius 3 is 2.37 bits per heavy atom. The first-order valence-electron chi connectivity index (χ1n) is 10.7. The maximum absolute atomic E-state index is 5.96. The van der Waals surface area contributed by atoms with Gasteiger partial charge in [0.25, 0.3) is 0 Å². The molecule has 0 amide bonds. The number of rotatable bonds is 6. The van der Waals surface area contributed by atoms with E-state index < -0.39 is 0 Å². The Bertz CT molecular complexity index is 1100. The molecular weight excluding hydrogens is 372 g/mol. The quantitative estimate of drug-likeness (QED) is 0.462. The summed E-state index contributed by atoms with van der Waals surface area (Å²) in [5.74, 6) is 0.927. The molecule has 5 rings (SSSR count). The molecule has 0 spiro atoms. The molecule has 0 aliphatic carbocycles. The minimum absolute atomic E-state index is 0.746. The Kier molecular flexibility index (Phi) is 5.44. The van der Waals surface area contributed by atoms with Crippen LogP contribution in [0.25, 0.3) is 27.8 Å². The third-order valence-electron chi connectivity index (χ3n) is 5.82. The van der Waals surface area contributed by atoms with E-state index in [2.05, 4.69) is 57.6 Å². The van der Waals surface area contributed by atoms with Crippen LogP contribution in [0, 0.1) is 0 Å². The van der Waals surface area contributed by atoms with Gasteiger partial charge in [-0.05, 0) is 67.4 Å². The Morgan fingerprint density at radius 1 is 0.800 bits per heavy atom. The summed E-state index contributed by atoms with van der Waals surface area (Å²) < 4.78 is 7.90. The Hall–Kier alpha value is -3.18. The van der Waals surface area contributed by atoms with Gasteiger partial charge in [0.15, 0.2) is 0 Å². The van der Waals surface area contributed by atoms with E-state index in [9.17, 15) is 0 Å². The van der Waals surface area contributed by atoms with Crippen LogP contribution in [0.5, 0.6) is 5.75 Å². The fourth-order valence-corrected chi connectivity index (χ4v) is 4.13. The van der Waals surface area contributed by atoms with Crippen LogP contribution in [0.4, 0.5) is 0 Å². The average Bonchev–Trinajstić information content (AvgIpc) is 3.24. The summed E-state index contributed by atoms with van der Waals surface area (Å²) in [6.07, 6.45) is 11.6. The van der Waals surface area contributed by atoms with Gasteiger partial charge in [-0.2, -0.15) is 5.10 Å². The maximum Gasteiger partial charge on any atom is 0.119 e. The van der Waals surface area contributed by atoms with E-state index in [-0.39, 0.29) is 0 Å². The fourth-order valence-electron chi connectivity index (χ4n) is 4.13. The minimum atomic E-state index is 0.746. The maximum atomic E-state index is 5.96. The van der Waals surface area contributed by atoms with Crippen molar-refractivity contribution in [2.75, 3.05) is 26.2 Å². The van der Waals surface area contributed by atoms with Crippen LogP contribution in [-0.4, -0.2) is 45.7 Å². The third kappa shape index (κ3) is 4.07. The van der Waals surface area contributed by atoms with Gasteiger partial charge in [-0.3, -0.25) is 9.88 Å². The predicted molar refractivity (Wildman–Crippen MR) is 120 cm³/mol. The van der Waals surface area contributed by atoms with Crippen molar-refractivity contribution in [3.05, 3.63) is 73.3 Å². The molecule has 4 aromatic rings. The summed E-state index contributed by atoms with van der Waals surface area (Å²) in [5, 5.41) is 4.55. The lowest BCUT2D eigenvalue weighted by Gasteiger charge is -2.26. The van der Waals surface area contributed by atoms with Gasteiger partial charge in [-0.15, -0.1) is 0 Å². The lowest BCUT2D eigenvalue weighted by Crippen LogP contribution is -2.33. The highest BCUT2D eigenvalue weighted by atomic mass is 16.5. The predicted octanol–water partition coefficient (Wildman–Crippen LogP) is 4.93. The highest BCUT2D eigenvalue weighted by Crippen LogP contribution is 2.27. The minimum Gasteiger partial charge on any atom is -0.492 e. The number of ether oxygens (including phenoxy) is 1. The van der Waals surface area contributed by atoms with Gasteiger partial charge in [-0.1, -0.05) is 24.6 Å². The molecule has 4 heterocycles. The van der Waals surface area contributed by atoms with Gasteiger partial charge in [0.05, 0.1) is 11.7 Å². The Labute approximate surface area is 176 Å².